The number of hydrogen-bond acceptors (Lipinski definition) is 4. The summed E-state index contributed by atoms with van der Waals surface area (Å²) in [5, 5.41) is 14.4. The summed E-state index contributed by atoms with van der Waals surface area (Å²) >= 11 is 5.81. The number of halogens is 1. The van der Waals surface area contributed by atoms with Gasteiger partial charge in [0.25, 0.3) is 0 Å². The number of hydrogen-bond donors (Lipinski definition) is 1. The lowest BCUT2D eigenvalue weighted by Gasteiger charge is -2.26. The van der Waals surface area contributed by atoms with Gasteiger partial charge in [-0.05, 0) is 37.3 Å². The predicted octanol–water partition coefficient (Wildman–Crippen LogP) is 2.30. The quantitative estimate of drug-likeness (QED) is 0.854. The van der Waals surface area contributed by atoms with Crippen molar-refractivity contribution in [3.05, 3.63) is 17.7 Å². The normalized spacial score (nSPS) is 23.6. The van der Waals surface area contributed by atoms with E-state index in [0.29, 0.717) is 12.8 Å². The highest BCUT2D eigenvalue weighted by molar-refractivity contribution is 6.28. The maximum atomic E-state index is 10.9. The summed E-state index contributed by atoms with van der Waals surface area (Å²) in [6.45, 7) is 0. The SMILES string of the molecule is O=C(O)[C@H]1CC[C@@H](n2ncc3cnc(Cl)nc32)CC1. The molecule has 0 saturated heterocycles. The third kappa shape index (κ3) is 2.28. The zero-order valence-corrected chi connectivity index (χ0v) is 10.9. The molecule has 0 aromatic carbocycles. The molecule has 0 radical (unpaired) electrons. The van der Waals surface area contributed by atoms with Gasteiger partial charge < -0.3 is 5.11 Å². The van der Waals surface area contributed by atoms with E-state index in [9.17, 15) is 4.79 Å². The largest absolute Gasteiger partial charge is 0.481 e. The van der Waals surface area contributed by atoms with Gasteiger partial charge in [0.05, 0.1) is 23.5 Å². The van der Waals surface area contributed by atoms with Gasteiger partial charge in [-0.2, -0.15) is 10.1 Å². The molecule has 0 unspecified atom stereocenters. The van der Waals surface area contributed by atoms with Crippen LogP contribution in [0.3, 0.4) is 0 Å². The lowest BCUT2D eigenvalue weighted by atomic mass is 9.86. The molecule has 0 spiro atoms. The molecule has 7 heteroatoms. The minimum absolute atomic E-state index is 0.194. The van der Waals surface area contributed by atoms with E-state index in [1.54, 1.807) is 12.4 Å². The zero-order chi connectivity index (χ0) is 13.4. The summed E-state index contributed by atoms with van der Waals surface area (Å²) < 4.78 is 1.85. The monoisotopic (exact) mass is 280 g/mol. The molecule has 3 rings (SSSR count). The molecule has 2 aromatic heterocycles. The van der Waals surface area contributed by atoms with Crippen LogP contribution in [0.15, 0.2) is 12.4 Å². The highest BCUT2D eigenvalue weighted by Crippen LogP contribution is 2.33. The number of carbonyl (C=O) groups is 1. The van der Waals surface area contributed by atoms with Gasteiger partial charge >= 0.3 is 5.97 Å². The number of carboxylic acids is 1. The Morgan fingerprint density at radius 1 is 1.32 bits per heavy atom. The summed E-state index contributed by atoms with van der Waals surface area (Å²) in [6, 6.07) is 0.194. The lowest BCUT2D eigenvalue weighted by Crippen LogP contribution is -2.24. The number of nitrogens with zero attached hydrogens (tertiary/aromatic N) is 4. The van der Waals surface area contributed by atoms with Crippen LogP contribution < -0.4 is 0 Å². The average Bonchev–Trinajstić information content (AvgIpc) is 2.81. The van der Waals surface area contributed by atoms with Crippen molar-refractivity contribution in [2.45, 2.75) is 31.7 Å². The molecule has 2 heterocycles. The van der Waals surface area contributed by atoms with Gasteiger partial charge in [0.2, 0.25) is 5.28 Å². The van der Waals surface area contributed by atoms with Crippen molar-refractivity contribution in [3.63, 3.8) is 0 Å². The second kappa shape index (κ2) is 4.77. The van der Waals surface area contributed by atoms with Gasteiger partial charge in [0.1, 0.15) is 0 Å². The Bertz CT molecular complexity index is 619. The van der Waals surface area contributed by atoms with Crippen LogP contribution in [-0.4, -0.2) is 30.8 Å². The maximum Gasteiger partial charge on any atom is 0.306 e. The van der Waals surface area contributed by atoms with Crippen molar-refractivity contribution < 1.29 is 9.90 Å². The molecule has 0 bridgehead atoms. The van der Waals surface area contributed by atoms with E-state index in [1.807, 2.05) is 4.68 Å². The van der Waals surface area contributed by atoms with Crippen LogP contribution in [0, 0.1) is 5.92 Å². The van der Waals surface area contributed by atoms with Gasteiger partial charge in [-0.1, -0.05) is 0 Å². The van der Waals surface area contributed by atoms with Crippen LogP contribution in [0.25, 0.3) is 11.0 Å². The van der Waals surface area contributed by atoms with Crippen LogP contribution in [0.1, 0.15) is 31.7 Å². The van der Waals surface area contributed by atoms with E-state index in [-0.39, 0.29) is 17.2 Å². The number of rotatable bonds is 2. The van der Waals surface area contributed by atoms with Crippen LogP contribution in [0.4, 0.5) is 0 Å². The molecule has 100 valence electrons. The number of aromatic nitrogens is 4. The molecule has 1 aliphatic rings. The molecule has 6 nitrogen and oxygen atoms in total. The minimum atomic E-state index is -0.700. The molecule has 0 aliphatic heterocycles. The minimum Gasteiger partial charge on any atom is -0.481 e. The topological polar surface area (TPSA) is 80.9 Å². The van der Waals surface area contributed by atoms with E-state index in [1.165, 1.54) is 0 Å². The van der Waals surface area contributed by atoms with Crippen LogP contribution >= 0.6 is 11.6 Å². The third-order valence-electron chi connectivity index (χ3n) is 3.70. The van der Waals surface area contributed by atoms with E-state index in [4.69, 9.17) is 16.7 Å². The molecule has 1 saturated carbocycles. The Hall–Kier alpha value is -1.69. The molecule has 19 heavy (non-hydrogen) atoms. The van der Waals surface area contributed by atoms with Gasteiger partial charge in [-0.15, -0.1) is 0 Å². The molecular weight excluding hydrogens is 268 g/mol. The molecule has 0 atom stereocenters. The summed E-state index contributed by atoms with van der Waals surface area (Å²) in [5.74, 6) is -0.926. The number of carboxylic acid groups (broad SMARTS) is 1. The fourth-order valence-corrected chi connectivity index (χ4v) is 2.78. The van der Waals surface area contributed by atoms with Crippen molar-refractivity contribution in [3.8, 4) is 0 Å². The van der Waals surface area contributed by atoms with Crippen molar-refractivity contribution >= 4 is 28.6 Å². The third-order valence-corrected chi connectivity index (χ3v) is 3.88. The summed E-state index contributed by atoms with van der Waals surface area (Å²) in [6.07, 6.45) is 6.33. The first-order valence-electron chi connectivity index (χ1n) is 6.23. The first-order chi connectivity index (χ1) is 9.15. The van der Waals surface area contributed by atoms with Gasteiger partial charge in [-0.25, -0.2) is 9.67 Å². The van der Waals surface area contributed by atoms with Crippen LogP contribution in [0.5, 0.6) is 0 Å². The first-order valence-corrected chi connectivity index (χ1v) is 6.61. The van der Waals surface area contributed by atoms with E-state index >= 15 is 0 Å². The van der Waals surface area contributed by atoms with E-state index in [0.717, 1.165) is 23.9 Å². The summed E-state index contributed by atoms with van der Waals surface area (Å²) in [7, 11) is 0. The molecule has 2 aromatic rings. The van der Waals surface area contributed by atoms with Crippen LogP contribution in [-0.2, 0) is 4.79 Å². The fraction of sp³-hybridized carbons (Fsp3) is 0.500. The number of aliphatic carboxylic acids is 1. The maximum absolute atomic E-state index is 10.9. The molecule has 0 amide bonds. The molecule has 1 N–H and O–H groups in total. The Morgan fingerprint density at radius 2 is 2.05 bits per heavy atom. The highest BCUT2D eigenvalue weighted by atomic mass is 35.5. The fourth-order valence-electron chi connectivity index (χ4n) is 2.65. The Balaban J connectivity index is 1.85. The van der Waals surface area contributed by atoms with Crippen molar-refractivity contribution in [1.29, 1.82) is 0 Å². The van der Waals surface area contributed by atoms with Crippen molar-refractivity contribution in [1.82, 2.24) is 19.7 Å². The summed E-state index contributed by atoms with van der Waals surface area (Å²) in [4.78, 5) is 19.1. The Labute approximate surface area is 114 Å². The second-order valence-corrected chi connectivity index (χ2v) is 5.19. The van der Waals surface area contributed by atoms with Gasteiger partial charge in [-0.3, -0.25) is 4.79 Å². The predicted molar refractivity (Wildman–Crippen MR) is 69.0 cm³/mol. The van der Waals surface area contributed by atoms with Gasteiger partial charge in [0, 0.05) is 6.20 Å². The summed E-state index contributed by atoms with van der Waals surface area (Å²) in [5.41, 5.74) is 0.721. The van der Waals surface area contributed by atoms with Crippen LogP contribution in [0.2, 0.25) is 5.28 Å². The lowest BCUT2D eigenvalue weighted by molar-refractivity contribution is -0.143. The average molecular weight is 281 g/mol. The standard InChI is InChI=1S/C12H13ClN4O2/c13-12-14-5-8-6-15-17(10(8)16-12)9-3-1-7(2-4-9)11(18)19/h5-7,9H,1-4H2,(H,18,19)/t7-,9+. The Morgan fingerprint density at radius 3 is 2.74 bits per heavy atom. The van der Waals surface area contributed by atoms with Crippen molar-refractivity contribution in [2.24, 2.45) is 5.92 Å². The first kappa shape index (κ1) is 12.3. The second-order valence-electron chi connectivity index (χ2n) is 4.85. The van der Waals surface area contributed by atoms with Crippen molar-refractivity contribution in [2.75, 3.05) is 0 Å². The van der Waals surface area contributed by atoms with Gasteiger partial charge in [0.15, 0.2) is 5.65 Å². The van der Waals surface area contributed by atoms with E-state index in [2.05, 4.69) is 15.1 Å². The smallest absolute Gasteiger partial charge is 0.306 e. The molecule has 1 fully saturated rings. The molecule has 1 aliphatic carbocycles. The number of fused-ring (bicyclic) bond motifs is 1. The Kier molecular flexibility index (Phi) is 3.10. The zero-order valence-electron chi connectivity index (χ0n) is 10.2. The highest BCUT2D eigenvalue weighted by Gasteiger charge is 2.28. The molecular formula is C12H13ClN4O2. The van der Waals surface area contributed by atoms with E-state index < -0.39 is 5.97 Å².